The molecule has 0 saturated heterocycles. The zero-order valence-corrected chi connectivity index (χ0v) is 8.93. The van der Waals surface area contributed by atoms with Crippen molar-refractivity contribution in [3.05, 3.63) is 29.8 Å². The first-order valence-electron chi connectivity index (χ1n) is 4.47. The van der Waals surface area contributed by atoms with E-state index in [2.05, 4.69) is 10.1 Å². The van der Waals surface area contributed by atoms with Gasteiger partial charge in [0, 0.05) is 20.3 Å². The van der Waals surface area contributed by atoms with E-state index in [1.807, 2.05) is 0 Å². The maximum absolute atomic E-state index is 11.7. The molecule has 0 unspecified atom stereocenters. The highest BCUT2D eigenvalue weighted by Crippen LogP contribution is 2.04. The first-order chi connectivity index (χ1) is 7.11. The maximum atomic E-state index is 11.7. The average Bonchev–Trinajstić information content (AvgIpc) is 2.65. The van der Waals surface area contributed by atoms with Crippen LogP contribution in [-0.2, 0) is 11.8 Å². The number of aliphatic hydroxyl groups is 1. The molecule has 0 aliphatic rings. The van der Waals surface area contributed by atoms with E-state index in [1.165, 1.54) is 17.8 Å². The molecule has 1 aromatic heterocycles. The lowest BCUT2D eigenvalue weighted by molar-refractivity contribution is -0.111. The van der Waals surface area contributed by atoms with Gasteiger partial charge in [-0.2, -0.15) is 5.10 Å². The van der Waals surface area contributed by atoms with E-state index >= 15 is 0 Å². The van der Waals surface area contributed by atoms with Gasteiger partial charge in [0.15, 0.2) is 5.76 Å². The van der Waals surface area contributed by atoms with Crippen LogP contribution >= 0.6 is 0 Å². The largest absolute Gasteiger partial charge is 0.504 e. The number of rotatable bonds is 3. The number of hydrogen-bond donors (Lipinski definition) is 1. The van der Waals surface area contributed by atoms with E-state index < -0.39 is 5.78 Å². The Kier molecular flexibility index (Phi) is 3.38. The lowest BCUT2D eigenvalue weighted by atomic mass is 10.1. The molecule has 0 aliphatic heterocycles. The molecule has 0 spiro atoms. The molecule has 1 N–H and O–H groups in total. The molecule has 5 nitrogen and oxygen atoms in total. The number of aryl methyl sites for hydroxylation is 1. The normalized spacial score (nSPS) is 13.0. The number of allylic oxidation sites excluding steroid dienone is 2. The second-order valence-corrected chi connectivity index (χ2v) is 2.92. The van der Waals surface area contributed by atoms with Crippen LogP contribution in [0, 0.1) is 0 Å². The van der Waals surface area contributed by atoms with Crippen molar-refractivity contribution in [2.24, 2.45) is 12.0 Å². The van der Waals surface area contributed by atoms with E-state index in [0.717, 1.165) is 0 Å². The van der Waals surface area contributed by atoms with Crippen molar-refractivity contribution < 1.29 is 9.90 Å². The number of ketones is 1. The number of nitrogens with zero attached hydrogens (tertiary/aromatic N) is 3. The Balaban J connectivity index is 3.13. The van der Waals surface area contributed by atoms with Gasteiger partial charge in [-0.25, -0.2) is 0 Å². The number of aromatic nitrogens is 2. The minimum absolute atomic E-state index is 0.200. The fraction of sp³-hybridized carbons (Fsp3) is 0.300. The Hall–Kier alpha value is -1.91. The van der Waals surface area contributed by atoms with Crippen molar-refractivity contribution in [3.63, 3.8) is 0 Å². The summed E-state index contributed by atoms with van der Waals surface area (Å²) in [7, 11) is 3.21. The number of carbonyl (C=O) groups excluding carboxylic acids is 1. The number of aliphatic hydroxyl groups excluding tert-OH is 1. The smallest absolute Gasteiger partial charge is 0.246 e. The second kappa shape index (κ2) is 4.54. The van der Waals surface area contributed by atoms with Gasteiger partial charge in [-0.1, -0.05) is 0 Å². The van der Waals surface area contributed by atoms with Gasteiger partial charge in [0.05, 0.1) is 5.69 Å². The van der Waals surface area contributed by atoms with E-state index in [-0.39, 0.29) is 11.5 Å². The number of aliphatic imine (C=N–C) groups is 1. The van der Waals surface area contributed by atoms with Crippen LogP contribution in [0.15, 0.2) is 29.1 Å². The van der Waals surface area contributed by atoms with Gasteiger partial charge in [0.25, 0.3) is 0 Å². The molecule has 1 heterocycles. The Morgan fingerprint density at radius 3 is 2.73 bits per heavy atom. The highest BCUT2D eigenvalue weighted by molar-refractivity contribution is 6.50. The van der Waals surface area contributed by atoms with Gasteiger partial charge < -0.3 is 5.11 Å². The summed E-state index contributed by atoms with van der Waals surface area (Å²) < 4.78 is 1.53. The third-order valence-corrected chi connectivity index (χ3v) is 2.01. The lowest BCUT2D eigenvalue weighted by Crippen LogP contribution is -2.20. The van der Waals surface area contributed by atoms with Crippen LogP contribution in [0.1, 0.15) is 12.6 Å². The summed E-state index contributed by atoms with van der Waals surface area (Å²) in [6.07, 6.45) is 2.91. The molecule has 0 amide bonds. The zero-order valence-electron chi connectivity index (χ0n) is 8.93. The van der Waals surface area contributed by atoms with Crippen LogP contribution in [-0.4, -0.2) is 33.4 Å². The fourth-order valence-electron chi connectivity index (χ4n) is 1.19. The van der Waals surface area contributed by atoms with Gasteiger partial charge in [-0.05, 0) is 19.1 Å². The molecule has 0 bridgehead atoms. The highest BCUT2D eigenvalue weighted by Gasteiger charge is 2.19. The van der Waals surface area contributed by atoms with Gasteiger partial charge in [0.2, 0.25) is 5.78 Å². The Morgan fingerprint density at radius 2 is 2.33 bits per heavy atom. The molecule has 1 aromatic rings. The van der Waals surface area contributed by atoms with Crippen LogP contribution in [0.25, 0.3) is 0 Å². The van der Waals surface area contributed by atoms with Crippen molar-refractivity contribution >= 4 is 11.5 Å². The molecule has 0 saturated carbocycles. The van der Waals surface area contributed by atoms with Crippen molar-refractivity contribution in [1.82, 2.24) is 9.78 Å². The Morgan fingerprint density at radius 1 is 1.67 bits per heavy atom. The second-order valence-electron chi connectivity index (χ2n) is 2.92. The SMILES string of the molecule is C/C=C(/O)C(=O)C(=NC)c1ccnn1C. The average molecular weight is 207 g/mol. The third kappa shape index (κ3) is 2.12. The molecular formula is C10H13N3O2. The van der Waals surface area contributed by atoms with E-state index in [9.17, 15) is 9.90 Å². The van der Waals surface area contributed by atoms with Crippen molar-refractivity contribution in [2.45, 2.75) is 6.92 Å². The Bertz CT molecular complexity index is 430. The molecular weight excluding hydrogens is 194 g/mol. The topological polar surface area (TPSA) is 67.5 Å². The van der Waals surface area contributed by atoms with Gasteiger partial charge in [-0.15, -0.1) is 0 Å². The minimum Gasteiger partial charge on any atom is -0.504 e. The highest BCUT2D eigenvalue weighted by atomic mass is 16.3. The van der Waals surface area contributed by atoms with Gasteiger partial charge >= 0.3 is 0 Å². The summed E-state index contributed by atoms with van der Waals surface area (Å²) >= 11 is 0. The maximum Gasteiger partial charge on any atom is 0.246 e. The fourth-order valence-corrected chi connectivity index (χ4v) is 1.19. The molecule has 0 aliphatic carbocycles. The lowest BCUT2D eigenvalue weighted by Gasteiger charge is -2.04. The summed E-state index contributed by atoms with van der Waals surface area (Å²) in [5.74, 6) is -0.805. The van der Waals surface area contributed by atoms with Crippen LogP contribution in [0.4, 0.5) is 0 Å². The summed E-state index contributed by atoms with van der Waals surface area (Å²) in [6.45, 7) is 1.59. The van der Waals surface area contributed by atoms with E-state index in [1.54, 1.807) is 26.2 Å². The van der Waals surface area contributed by atoms with Crippen molar-refractivity contribution in [1.29, 1.82) is 0 Å². The predicted molar refractivity (Wildman–Crippen MR) is 57.1 cm³/mol. The third-order valence-electron chi connectivity index (χ3n) is 2.01. The molecule has 1 rings (SSSR count). The number of Topliss-reactive ketones (excluding diaryl/α,β-unsaturated/α-hetero) is 1. The van der Waals surface area contributed by atoms with Crippen LogP contribution < -0.4 is 0 Å². The number of carbonyl (C=O) groups is 1. The molecule has 0 fully saturated rings. The summed E-state index contributed by atoms with van der Waals surface area (Å²) in [5.41, 5.74) is 0.779. The van der Waals surface area contributed by atoms with Crippen molar-refractivity contribution in [2.75, 3.05) is 7.05 Å². The van der Waals surface area contributed by atoms with E-state index in [0.29, 0.717) is 5.69 Å². The quantitative estimate of drug-likeness (QED) is 0.454. The molecule has 0 aromatic carbocycles. The number of hydrogen-bond acceptors (Lipinski definition) is 4. The minimum atomic E-state index is -0.497. The van der Waals surface area contributed by atoms with Crippen LogP contribution in [0.5, 0.6) is 0 Å². The predicted octanol–water partition coefficient (Wildman–Crippen LogP) is 0.870. The van der Waals surface area contributed by atoms with E-state index in [4.69, 9.17) is 0 Å². The molecule has 15 heavy (non-hydrogen) atoms. The zero-order chi connectivity index (χ0) is 11.4. The molecule has 0 radical (unpaired) electrons. The van der Waals surface area contributed by atoms with Gasteiger partial charge in [-0.3, -0.25) is 14.5 Å². The van der Waals surface area contributed by atoms with Crippen molar-refractivity contribution in [3.8, 4) is 0 Å². The molecule has 5 heteroatoms. The molecule has 80 valence electrons. The van der Waals surface area contributed by atoms with Crippen LogP contribution in [0.2, 0.25) is 0 Å². The summed E-state index contributed by atoms with van der Waals surface area (Å²) in [4.78, 5) is 15.5. The first kappa shape index (κ1) is 11.2. The first-order valence-corrected chi connectivity index (χ1v) is 4.47. The molecule has 0 atom stereocenters. The standard InChI is InChI=1S/C10H13N3O2/c1-4-8(14)10(15)9(11-2)7-5-6-12-13(7)3/h4-6,14H,1-3H3/b8-4+,11-9?. The van der Waals surface area contributed by atoms with Gasteiger partial charge in [0.1, 0.15) is 5.71 Å². The summed E-state index contributed by atoms with van der Waals surface area (Å²) in [6, 6.07) is 1.67. The monoisotopic (exact) mass is 207 g/mol. The Labute approximate surface area is 87.8 Å². The van der Waals surface area contributed by atoms with Crippen LogP contribution in [0.3, 0.4) is 0 Å². The summed E-state index contributed by atoms with van der Waals surface area (Å²) in [5, 5.41) is 13.3.